The van der Waals surface area contributed by atoms with Gasteiger partial charge in [-0.3, -0.25) is 0 Å². The zero-order valence-electron chi connectivity index (χ0n) is 4.86. The molecule has 1 radical (unpaired) electrons. The number of hydrogen-bond acceptors (Lipinski definition) is 4. The summed E-state index contributed by atoms with van der Waals surface area (Å²) in [7, 11) is 0. The minimum atomic E-state index is -0.830. The third-order valence-corrected chi connectivity index (χ3v) is 1.18. The first kappa shape index (κ1) is 6.95. The molecule has 0 spiro atoms. The van der Waals surface area contributed by atoms with Crippen molar-refractivity contribution >= 4 is 0 Å². The quantitative estimate of drug-likeness (QED) is 0.500. The van der Waals surface area contributed by atoms with Crippen LogP contribution >= 0.6 is 0 Å². The molecule has 2 N–H and O–H groups in total. The second-order valence-corrected chi connectivity index (χ2v) is 1.85. The Bertz CT molecular complexity index is 79.0. The van der Waals surface area contributed by atoms with Gasteiger partial charge in [0.05, 0.1) is 13.2 Å². The van der Waals surface area contributed by atoms with Crippen molar-refractivity contribution in [2.24, 2.45) is 0 Å². The Morgan fingerprint density at radius 3 is 3.00 bits per heavy atom. The topological polar surface area (TPSA) is 58.9 Å². The molecular formula is C5H9O4. The van der Waals surface area contributed by atoms with Crippen LogP contribution in [0.2, 0.25) is 0 Å². The van der Waals surface area contributed by atoms with Gasteiger partial charge in [0.15, 0.2) is 0 Å². The number of aliphatic hydroxyl groups excluding tert-OH is 2. The Kier molecular flexibility index (Phi) is 2.41. The van der Waals surface area contributed by atoms with Crippen LogP contribution in [0.25, 0.3) is 0 Å². The molecule has 0 aliphatic carbocycles. The molecule has 1 aliphatic heterocycles. The van der Waals surface area contributed by atoms with Crippen molar-refractivity contribution < 1.29 is 19.7 Å². The lowest BCUT2D eigenvalue weighted by Gasteiger charge is -2.11. The predicted molar refractivity (Wildman–Crippen MR) is 28.2 cm³/mol. The fourth-order valence-corrected chi connectivity index (χ4v) is 0.603. The molecule has 0 aromatic heterocycles. The van der Waals surface area contributed by atoms with Crippen LogP contribution in [-0.4, -0.2) is 35.6 Å². The number of ether oxygens (including phenoxy) is 2. The SMILES string of the molecule is OCC(O)C1CO[CH]O1. The van der Waals surface area contributed by atoms with Gasteiger partial charge in [-0.05, 0) is 0 Å². The van der Waals surface area contributed by atoms with E-state index in [0.717, 1.165) is 0 Å². The van der Waals surface area contributed by atoms with E-state index in [1.54, 1.807) is 0 Å². The standard InChI is InChI=1S/C5H9O4/c6-1-4(7)5-2-8-3-9-5/h3-7H,1-2H2. The molecule has 1 saturated heterocycles. The maximum Gasteiger partial charge on any atom is 0.209 e. The van der Waals surface area contributed by atoms with Crippen molar-refractivity contribution in [3.63, 3.8) is 0 Å². The summed E-state index contributed by atoms with van der Waals surface area (Å²) < 4.78 is 9.41. The molecule has 1 heterocycles. The van der Waals surface area contributed by atoms with E-state index in [9.17, 15) is 0 Å². The molecular weight excluding hydrogens is 124 g/mol. The fourth-order valence-electron chi connectivity index (χ4n) is 0.603. The van der Waals surface area contributed by atoms with Gasteiger partial charge >= 0.3 is 0 Å². The van der Waals surface area contributed by atoms with E-state index in [4.69, 9.17) is 14.9 Å². The molecule has 0 bridgehead atoms. The van der Waals surface area contributed by atoms with Crippen molar-refractivity contribution in [3.05, 3.63) is 6.79 Å². The van der Waals surface area contributed by atoms with Crippen molar-refractivity contribution in [2.75, 3.05) is 13.2 Å². The van der Waals surface area contributed by atoms with Crippen molar-refractivity contribution in [1.82, 2.24) is 0 Å². The molecule has 9 heavy (non-hydrogen) atoms. The van der Waals surface area contributed by atoms with Crippen LogP contribution in [0.1, 0.15) is 0 Å². The first-order valence-corrected chi connectivity index (χ1v) is 2.72. The summed E-state index contributed by atoms with van der Waals surface area (Å²) in [5.41, 5.74) is 0. The van der Waals surface area contributed by atoms with Gasteiger partial charge in [-0.1, -0.05) is 0 Å². The molecule has 2 unspecified atom stereocenters. The molecule has 0 saturated carbocycles. The molecule has 53 valence electrons. The van der Waals surface area contributed by atoms with E-state index in [2.05, 4.69) is 4.74 Å². The van der Waals surface area contributed by atoms with Gasteiger partial charge in [0, 0.05) is 0 Å². The zero-order chi connectivity index (χ0) is 6.69. The van der Waals surface area contributed by atoms with Crippen molar-refractivity contribution in [2.45, 2.75) is 12.2 Å². The van der Waals surface area contributed by atoms with E-state index in [1.165, 1.54) is 6.79 Å². The highest BCUT2D eigenvalue weighted by molar-refractivity contribution is 4.71. The van der Waals surface area contributed by atoms with Gasteiger partial charge in [0.2, 0.25) is 6.79 Å². The van der Waals surface area contributed by atoms with E-state index in [-0.39, 0.29) is 6.61 Å². The predicted octanol–water partition coefficient (Wildman–Crippen LogP) is -1.13. The molecule has 2 atom stereocenters. The Balaban J connectivity index is 2.24. The summed E-state index contributed by atoms with van der Waals surface area (Å²) in [6.45, 7) is 1.20. The lowest BCUT2D eigenvalue weighted by Crippen LogP contribution is -2.30. The maximum atomic E-state index is 8.88. The summed E-state index contributed by atoms with van der Waals surface area (Å²) in [5, 5.41) is 17.3. The Morgan fingerprint density at radius 2 is 2.56 bits per heavy atom. The van der Waals surface area contributed by atoms with E-state index in [1.807, 2.05) is 0 Å². The summed E-state index contributed by atoms with van der Waals surface area (Å²) >= 11 is 0. The van der Waals surface area contributed by atoms with Crippen LogP contribution in [0, 0.1) is 6.79 Å². The average molecular weight is 133 g/mol. The minimum absolute atomic E-state index is 0.290. The highest BCUT2D eigenvalue weighted by atomic mass is 16.7. The fraction of sp³-hybridized carbons (Fsp3) is 0.800. The molecule has 0 amide bonds. The third kappa shape index (κ3) is 1.62. The van der Waals surface area contributed by atoms with Crippen molar-refractivity contribution in [3.8, 4) is 0 Å². The van der Waals surface area contributed by atoms with Gasteiger partial charge in [0.1, 0.15) is 12.2 Å². The second-order valence-electron chi connectivity index (χ2n) is 1.85. The molecule has 1 aliphatic rings. The van der Waals surface area contributed by atoms with Gasteiger partial charge in [-0.2, -0.15) is 0 Å². The molecule has 1 fully saturated rings. The first-order chi connectivity index (χ1) is 4.34. The summed E-state index contributed by atoms with van der Waals surface area (Å²) in [6.07, 6.45) is -1.22. The van der Waals surface area contributed by atoms with Crippen LogP contribution in [-0.2, 0) is 9.47 Å². The lowest BCUT2D eigenvalue weighted by molar-refractivity contribution is -0.00952. The summed E-state index contributed by atoms with van der Waals surface area (Å²) in [5.74, 6) is 0. The molecule has 4 heteroatoms. The number of hydrogen-bond donors (Lipinski definition) is 2. The lowest BCUT2D eigenvalue weighted by atomic mass is 10.2. The average Bonchev–Trinajstić information content (AvgIpc) is 2.37. The van der Waals surface area contributed by atoms with Gasteiger partial charge < -0.3 is 19.7 Å². The van der Waals surface area contributed by atoms with Gasteiger partial charge in [0.25, 0.3) is 0 Å². The third-order valence-electron chi connectivity index (χ3n) is 1.18. The second kappa shape index (κ2) is 3.12. The van der Waals surface area contributed by atoms with E-state index in [0.29, 0.717) is 6.61 Å². The molecule has 4 nitrogen and oxygen atoms in total. The van der Waals surface area contributed by atoms with Crippen LogP contribution in [0.4, 0.5) is 0 Å². The highest BCUT2D eigenvalue weighted by Gasteiger charge is 2.24. The summed E-state index contributed by atoms with van der Waals surface area (Å²) in [6, 6.07) is 0. The maximum absolute atomic E-state index is 8.88. The first-order valence-electron chi connectivity index (χ1n) is 2.72. The number of aliphatic hydroxyl groups is 2. The normalized spacial score (nSPS) is 30.7. The largest absolute Gasteiger partial charge is 0.394 e. The van der Waals surface area contributed by atoms with Crippen LogP contribution in [0.15, 0.2) is 0 Å². The van der Waals surface area contributed by atoms with Crippen LogP contribution in [0.5, 0.6) is 0 Å². The Labute approximate surface area is 53.0 Å². The Hall–Kier alpha value is -0.160. The monoisotopic (exact) mass is 133 g/mol. The smallest absolute Gasteiger partial charge is 0.209 e. The molecule has 0 aromatic rings. The van der Waals surface area contributed by atoms with E-state index < -0.39 is 12.2 Å². The van der Waals surface area contributed by atoms with Crippen LogP contribution in [0.3, 0.4) is 0 Å². The number of rotatable bonds is 2. The van der Waals surface area contributed by atoms with Gasteiger partial charge in [-0.15, -0.1) is 0 Å². The van der Waals surface area contributed by atoms with Crippen molar-refractivity contribution in [1.29, 1.82) is 0 Å². The molecule has 1 rings (SSSR count). The van der Waals surface area contributed by atoms with Crippen LogP contribution < -0.4 is 0 Å². The highest BCUT2D eigenvalue weighted by Crippen LogP contribution is 2.09. The van der Waals surface area contributed by atoms with Gasteiger partial charge in [-0.25, -0.2) is 0 Å². The zero-order valence-corrected chi connectivity index (χ0v) is 4.86. The Morgan fingerprint density at radius 1 is 1.78 bits per heavy atom. The summed E-state index contributed by atoms with van der Waals surface area (Å²) in [4.78, 5) is 0. The molecule has 0 aromatic carbocycles. The minimum Gasteiger partial charge on any atom is -0.394 e. The van der Waals surface area contributed by atoms with E-state index >= 15 is 0 Å².